The first kappa shape index (κ1) is 12.3. The zero-order valence-corrected chi connectivity index (χ0v) is 9.70. The average molecular weight is 247 g/mol. The maximum atomic E-state index is 10.4. The summed E-state index contributed by atoms with van der Waals surface area (Å²) < 4.78 is 5.02. The van der Waals surface area contributed by atoms with Crippen LogP contribution in [0.1, 0.15) is 11.5 Å². The molecule has 2 rings (SSSR count). The van der Waals surface area contributed by atoms with Crippen molar-refractivity contribution >= 4 is 5.88 Å². The normalized spacial score (nSPS) is 10.4. The van der Waals surface area contributed by atoms with Gasteiger partial charge in [0.05, 0.1) is 12.6 Å². The molecule has 2 aromatic rings. The highest BCUT2D eigenvalue weighted by molar-refractivity contribution is 5.17. The Morgan fingerprint density at radius 1 is 1.33 bits per heavy atom. The summed E-state index contributed by atoms with van der Waals surface area (Å²) in [7, 11) is 0. The van der Waals surface area contributed by atoms with Crippen molar-refractivity contribution in [3.63, 3.8) is 0 Å². The summed E-state index contributed by atoms with van der Waals surface area (Å²) in [5.41, 5.74) is 1.01. The molecule has 0 saturated heterocycles. The van der Waals surface area contributed by atoms with Gasteiger partial charge in [-0.1, -0.05) is 6.07 Å². The average Bonchev–Trinajstić information content (AvgIpc) is 2.85. The molecule has 0 atom stereocenters. The molecule has 0 aliphatic heterocycles. The van der Waals surface area contributed by atoms with E-state index in [4.69, 9.17) is 4.42 Å². The molecule has 0 fully saturated rings. The van der Waals surface area contributed by atoms with Gasteiger partial charge in [-0.25, -0.2) is 0 Å². The summed E-state index contributed by atoms with van der Waals surface area (Å²) >= 11 is 0. The monoisotopic (exact) mass is 247 g/mol. The van der Waals surface area contributed by atoms with E-state index in [1.165, 1.54) is 6.07 Å². The van der Waals surface area contributed by atoms with Crippen LogP contribution in [0.2, 0.25) is 0 Å². The lowest BCUT2D eigenvalue weighted by atomic mass is 10.3. The van der Waals surface area contributed by atoms with E-state index in [1.54, 1.807) is 12.3 Å². The lowest BCUT2D eigenvalue weighted by molar-refractivity contribution is -0.402. The number of hydrogen-bond donors (Lipinski definition) is 1. The molecular weight excluding hydrogens is 234 g/mol. The molecular formula is C12H13N3O3. The van der Waals surface area contributed by atoms with E-state index >= 15 is 0 Å². The summed E-state index contributed by atoms with van der Waals surface area (Å²) in [4.78, 5) is 14.1. The molecule has 0 saturated carbocycles. The van der Waals surface area contributed by atoms with Crippen LogP contribution in [0.3, 0.4) is 0 Å². The third kappa shape index (κ3) is 3.39. The van der Waals surface area contributed by atoms with Gasteiger partial charge in [-0.3, -0.25) is 15.1 Å². The maximum absolute atomic E-state index is 10.4. The van der Waals surface area contributed by atoms with E-state index in [-0.39, 0.29) is 5.88 Å². The summed E-state index contributed by atoms with van der Waals surface area (Å²) in [5.74, 6) is 0.333. The molecule has 0 spiro atoms. The molecule has 0 aliphatic rings. The molecule has 0 amide bonds. The smallest absolute Gasteiger partial charge is 0.404 e. The molecule has 94 valence electrons. The second-order valence-electron chi connectivity index (χ2n) is 3.74. The number of aromatic nitrogens is 1. The van der Waals surface area contributed by atoms with Gasteiger partial charge in [-0.05, 0) is 18.2 Å². The highest BCUT2D eigenvalue weighted by Crippen LogP contribution is 2.15. The maximum Gasteiger partial charge on any atom is 0.433 e. The van der Waals surface area contributed by atoms with Crippen molar-refractivity contribution in [3.8, 4) is 0 Å². The van der Waals surface area contributed by atoms with Crippen LogP contribution in [0.25, 0.3) is 0 Å². The first-order valence-electron chi connectivity index (χ1n) is 5.59. The minimum atomic E-state index is -0.544. The summed E-state index contributed by atoms with van der Waals surface area (Å²) in [5, 5.41) is 13.6. The van der Waals surface area contributed by atoms with Crippen LogP contribution < -0.4 is 5.32 Å². The van der Waals surface area contributed by atoms with Crippen LogP contribution in [0.4, 0.5) is 5.88 Å². The summed E-state index contributed by atoms with van der Waals surface area (Å²) in [6, 6.07) is 8.73. The van der Waals surface area contributed by atoms with Gasteiger partial charge in [0.25, 0.3) is 0 Å². The molecule has 18 heavy (non-hydrogen) atoms. The fourth-order valence-electron chi connectivity index (χ4n) is 1.53. The molecule has 0 aromatic carbocycles. The second kappa shape index (κ2) is 5.92. The Morgan fingerprint density at radius 2 is 2.22 bits per heavy atom. The van der Waals surface area contributed by atoms with Gasteiger partial charge in [0.1, 0.15) is 10.7 Å². The van der Waals surface area contributed by atoms with Crippen molar-refractivity contribution in [2.45, 2.75) is 13.0 Å². The highest BCUT2D eigenvalue weighted by atomic mass is 16.6. The van der Waals surface area contributed by atoms with Gasteiger partial charge < -0.3 is 9.73 Å². The Kier molecular flexibility index (Phi) is 4.03. The van der Waals surface area contributed by atoms with Crippen LogP contribution >= 0.6 is 0 Å². The topological polar surface area (TPSA) is 81.2 Å². The third-order valence-corrected chi connectivity index (χ3v) is 2.41. The van der Waals surface area contributed by atoms with Crippen LogP contribution in [0, 0.1) is 10.1 Å². The number of rotatable bonds is 6. The van der Waals surface area contributed by atoms with Crippen molar-refractivity contribution in [2.24, 2.45) is 0 Å². The van der Waals surface area contributed by atoms with E-state index in [9.17, 15) is 10.1 Å². The van der Waals surface area contributed by atoms with Gasteiger partial charge in [-0.15, -0.1) is 0 Å². The molecule has 0 aliphatic carbocycles. The van der Waals surface area contributed by atoms with E-state index < -0.39 is 4.92 Å². The molecule has 2 heterocycles. The summed E-state index contributed by atoms with van der Waals surface area (Å²) in [6.07, 6.45) is 2.56. The molecule has 1 N–H and O–H groups in total. The predicted octanol–water partition coefficient (Wildman–Crippen LogP) is 1.92. The van der Waals surface area contributed by atoms with Crippen LogP contribution in [-0.2, 0) is 13.0 Å². The lowest BCUT2D eigenvalue weighted by Gasteiger charge is -2.01. The quantitative estimate of drug-likeness (QED) is 0.479. The molecule has 0 bridgehead atoms. The molecule has 2 aromatic heterocycles. The van der Waals surface area contributed by atoms with Crippen LogP contribution in [-0.4, -0.2) is 16.5 Å². The Balaban J connectivity index is 1.73. The number of nitrogens with one attached hydrogen (secondary N) is 1. The number of pyridine rings is 1. The van der Waals surface area contributed by atoms with Gasteiger partial charge in [0.15, 0.2) is 0 Å². The van der Waals surface area contributed by atoms with Crippen LogP contribution in [0.5, 0.6) is 0 Å². The van der Waals surface area contributed by atoms with Gasteiger partial charge in [-0.2, -0.15) is 0 Å². The van der Waals surface area contributed by atoms with E-state index in [0.717, 1.165) is 18.7 Å². The Bertz CT molecular complexity index is 510. The molecule has 0 radical (unpaired) electrons. The van der Waals surface area contributed by atoms with Crippen molar-refractivity contribution in [3.05, 3.63) is 58.1 Å². The van der Waals surface area contributed by atoms with E-state index in [1.807, 2.05) is 18.2 Å². The fraction of sp³-hybridized carbons (Fsp3) is 0.250. The fourth-order valence-corrected chi connectivity index (χ4v) is 1.53. The van der Waals surface area contributed by atoms with Gasteiger partial charge in [0, 0.05) is 24.9 Å². The number of furan rings is 1. The largest absolute Gasteiger partial charge is 0.433 e. The first-order chi connectivity index (χ1) is 8.75. The highest BCUT2D eigenvalue weighted by Gasteiger charge is 2.10. The zero-order valence-electron chi connectivity index (χ0n) is 9.70. The third-order valence-electron chi connectivity index (χ3n) is 2.41. The van der Waals surface area contributed by atoms with E-state index in [2.05, 4.69) is 10.3 Å². The Hall–Kier alpha value is -2.21. The standard InChI is InChI=1S/C12H13N3O3/c16-15(17)12-5-4-11(18-12)9-13-8-6-10-3-1-2-7-14-10/h1-5,7,13H,6,8-9H2. The second-order valence-corrected chi connectivity index (χ2v) is 3.74. The summed E-state index contributed by atoms with van der Waals surface area (Å²) in [6.45, 7) is 1.21. The predicted molar refractivity (Wildman–Crippen MR) is 65.0 cm³/mol. The number of nitro groups is 1. The lowest BCUT2D eigenvalue weighted by Crippen LogP contribution is -2.16. The van der Waals surface area contributed by atoms with Gasteiger partial charge in [0.2, 0.25) is 0 Å². The molecule has 0 unspecified atom stereocenters. The molecule has 6 heteroatoms. The minimum absolute atomic E-state index is 0.225. The van der Waals surface area contributed by atoms with Crippen molar-refractivity contribution in [1.82, 2.24) is 10.3 Å². The molecule has 6 nitrogen and oxygen atoms in total. The van der Waals surface area contributed by atoms with Crippen molar-refractivity contribution < 1.29 is 9.34 Å². The van der Waals surface area contributed by atoms with Crippen molar-refractivity contribution in [1.29, 1.82) is 0 Å². The zero-order chi connectivity index (χ0) is 12.8. The van der Waals surface area contributed by atoms with Gasteiger partial charge >= 0.3 is 5.88 Å². The van der Waals surface area contributed by atoms with Crippen LogP contribution in [0.15, 0.2) is 40.9 Å². The van der Waals surface area contributed by atoms with E-state index in [0.29, 0.717) is 12.3 Å². The SMILES string of the molecule is O=[N+]([O-])c1ccc(CNCCc2ccccn2)o1. The van der Waals surface area contributed by atoms with Crippen molar-refractivity contribution in [2.75, 3.05) is 6.54 Å². The first-order valence-corrected chi connectivity index (χ1v) is 5.59. The number of nitrogens with zero attached hydrogens (tertiary/aromatic N) is 2. The minimum Gasteiger partial charge on any atom is -0.404 e. The Morgan fingerprint density at radius 3 is 2.89 bits per heavy atom. The number of hydrogen-bond acceptors (Lipinski definition) is 5. The Labute approximate surface area is 104 Å².